The van der Waals surface area contributed by atoms with E-state index in [-0.39, 0.29) is 11.4 Å². The number of carbonyl (C=O) groups excluding carboxylic acids is 1. The molecule has 1 rings (SSSR count). The zero-order valence-electron chi connectivity index (χ0n) is 10.9. The highest BCUT2D eigenvalue weighted by Gasteiger charge is 2.43. The molecule has 0 spiro atoms. The summed E-state index contributed by atoms with van der Waals surface area (Å²) in [6.07, 6.45) is 3.42. The van der Waals surface area contributed by atoms with Crippen LogP contribution in [0.5, 0.6) is 0 Å². The van der Waals surface area contributed by atoms with Crippen LogP contribution >= 0.6 is 0 Å². The SMILES string of the molecule is CCC(C)(C)N(C)C1CCC(N)(C(N)=O)C1. The number of hydrogen-bond donors (Lipinski definition) is 2. The highest BCUT2D eigenvalue weighted by Crippen LogP contribution is 2.34. The van der Waals surface area contributed by atoms with Gasteiger partial charge in [0.1, 0.15) is 0 Å². The Balaban J connectivity index is 2.70. The molecular weight excluding hydrogens is 202 g/mol. The van der Waals surface area contributed by atoms with Crippen molar-refractivity contribution in [1.29, 1.82) is 0 Å². The molecule has 0 aromatic carbocycles. The maximum absolute atomic E-state index is 11.3. The van der Waals surface area contributed by atoms with E-state index in [0.29, 0.717) is 18.9 Å². The van der Waals surface area contributed by atoms with E-state index in [1.54, 1.807) is 0 Å². The Labute approximate surface area is 98.3 Å². The van der Waals surface area contributed by atoms with Gasteiger partial charge in [-0.3, -0.25) is 9.69 Å². The van der Waals surface area contributed by atoms with E-state index in [9.17, 15) is 4.79 Å². The minimum Gasteiger partial charge on any atom is -0.368 e. The summed E-state index contributed by atoms with van der Waals surface area (Å²) in [7, 11) is 2.11. The van der Waals surface area contributed by atoms with Gasteiger partial charge in [0.25, 0.3) is 0 Å². The van der Waals surface area contributed by atoms with Gasteiger partial charge in [-0.1, -0.05) is 6.92 Å². The van der Waals surface area contributed by atoms with E-state index in [0.717, 1.165) is 12.8 Å². The molecule has 0 radical (unpaired) electrons. The van der Waals surface area contributed by atoms with Crippen molar-refractivity contribution >= 4 is 5.91 Å². The number of hydrogen-bond acceptors (Lipinski definition) is 3. The van der Waals surface area contributed by atoms with Gasteiger partial charge in [-0.2, -0.15) is 0 Å². The molecule has 2 atom stereocenters. The van der Waals surface area contributed by atoms with Gasteiger partial charge in [0.05, 0.1) is 5.54 Å². The number of amides is 1. The molecule has 0 heterocycles. The lowest BCUT2D eigenvalue weighted by Crippen LogP contribution is -2.52. The maximum Gasteiger partial charge on any atom is 0.237 e. The van der Waals surface area contributed by atoms with Gasteiger partial charge in [0, 0.05) is 11.6 Å². The predicted octanol–water partition coefficient (Wildman–Crippen LogP) is 0.842. The molecule has 1 amide bonds. The number of primary amides is 1. The smallest absolute Gasteiger partial charge is 0.237 e. The average Bonchev–Trinajstić information content (AvgIpc) is 2.61. The molecule has 16 heavy (non-hydrogen) atoms. The summed E-state index contributed by atoms with van der Waals surface area (Å²) in [5.74, 6) is -0.363. The monoisotopic (exact) mass is 227 g/mol. The van der Waals surface area contributed by atoms with Crippen LogP contribution in [0.25, 0.3) is 0 Å². The van der Waals surface area contributed by atoms with E-state index < -0.39 is 5.54 Å². The molecule has 1 aliphatic carbocycles. The molecule has 4 N–H and O–H groups in total. The summed E-state index contributed by atoms with van der Waals surface area (Å²) in [6.45, 7) is 6.61. The van der Waals surface area contributed by atoms with Crippen molar-refractivity contribution in [3.05, 3.63) is 0 Å². The lowest BCUT2D eigenvalue weighted by molar-refractivity contribution is -0.123. The fraction of sp³-hybridized carbons (Fsp3) is 0.917. The lowest BCUT2D eigenvalue weighted by Gasteiger charge is -2.39. The first-order valence-electron chi connectivity index (χ1n) is 6.04. The molecule has 4 nitrogen and oxygen atoms in total. The average molecular weight is 227 g/mol. The van der Waals surface area contributed by atoms with E-state index in [1.165, 1.54) is 0 Å². The molecule has 0 saturated heterocycles. The number of nitrogens with two attached hydrogens (primary N) is 2. The quantitative estimate of drug-likeness (QED) is 0.747. The number of carbonyl (C=O) groups is 1. The fourth-order valence-corrected chi connectivity index (χ4v) is 2.35. The van der Waals surface area contributed by atoms with Crippen molar-refractivity contribution in [2.24, 2.45) is 11.5 Å². The van der Waals surface area contributed by atoms with Gasteiger partial charge in [0.15, 0.2) is 0 Å². The van der Waals surface area contributed by atoms with Gasteiger partial charge in [-0.05, 0) is 46.6 Å². The zero-order chi connectivity index (χ0) is 12.6. The second-order valence-electron chi connectivity index (χ2n) is 5.69. The van der Waals surface area contributed by atoms with E-state index >= 15 is 0 Å². The van der Waals surface area contributed by atoms with Crippen molar-refractivity contribution < 1.29 is 4.79 Å². The summed E-state index contributed by atoms with van der Waals surface area (Å²) >= 11 is 0. The van der Waals surface area contributed by atoms with Crippen molar-refractivity contribution in [3.63, 3.8) is 0 Å². The van der Waals surface area contributed by atoms with Crippen LogP contribution in [0, 0.1) is 0 Å². The Kier molecular flexibility index (Phi) is 3.65. The Bertz CT molecular complexity index is 277. The number of rotatable bonds is 4. The van der Waals surface area contributed by atoms with Crippen LogP contribution in [0.2, 0.25) is 0 Å². The maximum atomic E-state index is 11.3. The van der Waals surface area contributed by atoms with Crippen molar-refractivity contribution in [1.82, 2.24) is 4.90 Å². The molecule has 0 aromatic heterocycles. The van der Waals surface area contributed by atoms with Gasteiger partial charge >= 0.3 is 0 Å². The van der Waals surface area contributed by atoms with E-state index in [2.05, 4.69) is 32.7 Å². The standard InChI is InChI=1S/C12H25N3O/c1-5-11(2,3)15(4)9-6-7-12(14,8-9)10(13)16/h9H,5-8,14H2,1-4H3,(H2,13,16). The second-order valence-corrected chi connectivity index (χ2v) is 5.69. The van der Waals surface area contributed by atoms with Gasteiger partial charge in [-0.15, -0.1) is 0 Å². The molecule has 2 unspecified atom stereocenters. The minimum atomic E-state index is -0.789. The Morgan fingerprint density at radius 2 is 2.12 bits per heavy atom. The minimum absolute atomic E-state index is 0.146. The summed E-state index contributed by atoms with van der Waals surface area (Å²) in [4.78, 5) is 13.6. The molecular formula is C12H25N3O. The first-order valence-corrected chi connectivity index (χ1v) is 6.04. The highest BCUT2D eigenvalue weighted by atomic mass is 16.1. The molecule has 1 aliphatic rings. The third kappa shape index (κ3) is 2.38. The van der Waals surface area contributed by atoms with Crippen LogP contribution in [-0.2, 0) is 4.79 Å². The topological polar surface area (TPSA) is 72.3 Å². The fourth-order valence-electron chi connectivity index (χ4n) is 2.35. The molecule has 1 saturated carbocycles. The largest absolute Gasteiger partial charge is 0.368 e. The molecule has 0 aromatic rings. The zero-order valence-corrected chi connectivity index (χ0v) is 10.9. The highest BCUT2D eigenvalue weighted by molar-refractivity contribution is 5.84. The molecule has 0 aliphatic heterocycles. The van der Waals surface area contributed by atoms with Crippen molar-refractivity contribution in [3.8, 4) is 0 Å². The Morgan fingerprint density at radius 1 is 1.56 bits per heavy atom. The van der Waals surface area contributed by atoms with Crippen LogP contribution in [0.3, 0.4) is 0 Å². The van der Waals surface area contributed by atoms with Crippen LogP contribution < -0.4 is 11.5 Å². The third-order valence-electron chi connectivity index (χ3n) is 4.38. The van der Waals surface area contributed by atoms with E-state index in [1.807, 2.05) is 0 Å². The summed E-state index contributed by atoms with van der Waals surface area (Å²) < 4.78 is 0. The summed E-state index contributed by atoms with van der Waals surface area (Å²) in [5.41, 5.74) is 10.7. The van der Waals surface area contributed by atoms with Crippen molar-refractivity contribution in [2.45, 2.75) is 63.6 Å². The summed E-state index contributed by atoms with van der Waals surface area (Å²) in [6, 6.07) is 0.368. The third-order valence-corrected chi connectivity index (χ3v) is 4.38. The summed E-state index contributed by atoms with van der Waals surface area (Å²) in [5, 5.41) is 0. The van der Waals surface area contributed by atoms with Crippen LogP contribution in [0.15, 0.2) is 0 Å². The molecule has 1 fully saturated rings. The van der Waals surface area contributed by atoms with E-state index in [4.69, 9.17) is 11.5 Å². The number of nitrogens with zero attached hydrogens (tertiary/aromatic N) is 1. The lowest BCUT2D eigenvalue weighted by atomic mass is 9.95. The predicted molar refractivity (Wildman–Crippen MR) is 65.9 cm³/mol. The Hall–Kier alpha value is -0.610. The second kappa shape index (κ2) is 4.34. The molecule has 94 valence electrons. The van der Waals surface area contributed by atoms with Crippen LogP contribution in [0.1, 0.15) is 46.5 Å². The molecule has 4 heteroatoms. The van der Waals surface area contributed by atoms with Gasteiger partial charge < -0.3 is 11.5 Å². The van der Waals surface area contributed by atoms with Crippen LogP contribution in [0.4, 0.5) is 0 Å². The Morgan fingerprint density at radius 3 is 2.50 bits per heavy atom. The molecule has 0 bridgehead atoms. The van der Waals surface area contributed by atoms with Gasteiger partial charge in [-0.25, -0.2) is 0 Å². The van der Waals surface area contributed by atoms with Crippen molar-refractivity contribution in [2.75, 3.05) is 7.05 Å². The van der Waals surface area contributed by atoms with Crippen LogP contribution in [-0.4, -0.2) is 35.0 Å². The normalized spacial score (nSPS) is 31.0. The first kappa shape index (κ1) is 13.5. The first-order chi connectivity index (χ1) is 7.23. The van der Waals surface area contributed by atoms with Gasteiger partial charge in [0.2, 0.25) is 5.91 Å².